The van der Waals surface area contributed by atoms with E-state index in [4.69, 9.17) is 0 Å². The molecular formula is C13H16N2O2. The molecule has 0 bridgehead atoms. The molecule has 0 saturated carbocycles. The summed E-state index contributed by atoms with van der Waals surface area (Å²) in [5, 5.41) is 0. The third-order valence-electron chi connectivity index (χ3n) is 3.22. The second kappa shape index (κ2) is 4.57. The fourth-order valence-electron chi connectivity index (χ4n) is 2.03. The minimum Gasteiger partial charge on any atom is -0.336 e. The van der Waals surface area contributed by atoms with Gasteiger partial charge in [0.25, 0.3) is 0 Å². The van der Waals surface area contributed by atoms with Crippen LogP contribution in [0.1, 0.15) is 18.5 Å². The number of benzene rings is 1. The summed E-state index contributed by atoms with van der Waals surface area (Å²) < 4.78 is 0. The van der Waals surface area contributed by atoms with Gasteiger partial charge in [0.05, 0.1) is 6.04 Å². The number of hydrogen-bond donors (Lipinski definition) is 0. The normalized spacial score (nSPS) is 18.5. The molecule has 1 aromatic rings. The Bertz CT molecular complexity index is 430. The van der Waals surface area contributed by atoms with Crippen molar-refractivity contribution in [2.75, 3.05) is 20.1 Å². The third kappa shape index (κ3) is 2.16. The van der Waals surface area contributed by atoms with Crippen LogP contribution in [0.2, 0.25) is 0 Å². The van der Waals surface area contributed by atoms with Crippen molar-refractivity contribution in [3.63, 3.8) is 0 Å². The van der Waals surface area contributed by atoms with E-state index in [0.29, 0.717) is 13.1 Å². The summed E-state index contributed by atoms with van der Waals surface area (Å²) in [7, 11) is 1.66. The molecule has 1 aromatic carbocycles. The highest BCUT2D eigenvalue weighted by atomic mass is 16.2. The van der Waals surface area contributed by atoms with Crippen molar-refractivity contribution in [3.05, 3.63) is 35.9 Å². The van der Waals surface area contributed by atoms with Crippen LogP contribution in [0, 0.1) is 0 Å². The van der Waals surface area contributed by atoms with Crippen molar-refractivity contribution in [2.45, 2.75) is 13.0 Å². The summed E-state index contributed by atoms with van der Waals surface area (Å²) in [5.74, 6) is -0.825. The summed E-state index contributed by atoms with van der Waals surface area (Å²) in [6.07, 6.45) is 0. The first kappa shape index (κ1) is 11.6. The van der Waals surface area contributed by atoms with E-state index in [1.807, 2.05) is 37.3 Å². The predicted molar refractivity (Wildman–Crippen MR) is 64.2 cm³/mol. The van der Waals surface area contributed by atoms with Gasteiger partial charge < -0.3 is 9.80 Å². The minimum atomic E-state index is -0.418. The molecule has 17 heavy (non-hydrogen) atoms. The molecule has 0 N–H and O–H groups in total. The van der Waals surface area contributed by atoms with Gasteiger partial charge in [0.2, 0.25) is 0 Å². The molecule has 1 atom stereocenters. The summed E-state index contributed by atoms with van der Waals surface area (Å²) in [5.41, 5.74) is 1.05. The Morgan fingerprint density at radius 2 is 1.71 bits per heavy atom. The Labute approximate surface area is 101 Å². The fraction of sp³-hybridized carbons (Fsp3) is 0.385. The maximum absolute atomic E-state index is 11.9. The Morgan fingerprint density at radius 1 is 1.06 bits per heavy atom. The first-order valence-corrected chi connectivity index (χ1v) is 5.72. The number of likely N-dealkylation sites (N-methyl/N-ethyl adjacent to an activating group) is 1. The molecule has 0 radical (unpaired) electrons. The lowest BCUT2D eigenvalue weighted by atomic mass is 10.1. The Kier molecular flexibility index (Phi) is 3.13. The van der Waals surface area contributed by atoms with Gasteiger partial charge in [-0.15, -0.1) is 0 Å². The van der Waals surface area contributed by atoms with Crippen molar-refractivity contribution in [1.82, 2.24) is 9.80 Å². The average molecular weight is 232 g/mol. The highest BCUT2D eigenvalue weighted by Crippen LogP contribution is 2.21. The number of carbonyl (C=O) groups excluding carboxylic acids is 2. The van der Waals surface area contributed by atoms with Crippen LogP contribution in [0.4, 0.5) is 0 Å². The van der Waals surface area contributed by atoms with Gasteiger partial charge in [-0.2, -0.15) is 0 Å². The predicted octanol–water partition coefficient (Wildman–Crippen LogP) is 1.05. The molecule has 0 aromatic heterocycles. The Hall–Kier alpha value is -1.84. The van der Waals surface area contributed by atoms with E-state index in [2.05, 4.69) is 0 Å². The van der Waals surface area contributed by atoms with Crippen molar-refractivity contribution in [3.8, 4) is 0 Å². The van der Waals surface area contributed by atoms with Gasteiger partial charge in [-0.1, -0.05) is 30.3 Å². The van der Waals surface area contributed by atoms with E-state index in [9.17, 15) is 9.59 Å². The first-order valence-electron chi connectivity index (χ1n) is 5.72. The molecule has 1 fully saturated rings. The van der Waals surface area contributed by atoms with Gasteiger partial charge in [-0.25, -0.2) is 0 Å². The zero-order chi connectivity index (χ0) is 12.4. The van der Waals surface area contributed by atoms with E-state index in [0.717, 1.165) is 5.56 Å². The number of carbonyl (C=O) groups is 2. The van der Waals surface area contributed by atoms with Crippen molar-refractivity contribution < 1.29 is 9.59 Å². The maximum atomic E-state index is 11.9. The molecule has 1 heterocycles. The SMILES string of the molecule is CC(c1ccccc1)N1CCN(C)C(=O)C1=O. The molecule has 4 heteroatoms. The van der Waals surface area contributed by atoms with E-state index in [1.54, 1.807) is 11.9 Å². The molecule has 1 aliphatic heterocycles. The number of piperazine rings is 1. The van der Waals surface area contributed by atoms with Crippen LogP contribution in [0.25, 0.3) is 0 Å². The van der Waals surface area contributed by atoms with Crippen LogP contribution in [0.15, 0.2) is 30.3 Å². The zero-order valence-corrected chi connectivity index (χ0v) is 10.1. The average Bonchev–Trinajstić information content (AvgIpc) is 2.36. The molecule has 2 amide bonds. The van der Waals surface area contributed by atoms with Crippen LogP contribution in [0.3, 0.4) is 0 Å². The number of rotatable bonds is 2. The molecule has 90 valence electrons. The standard InChI is InChI=1S/C13H16N2O2/c1-10(11-6-4-3-5-7-11)15-9-8-14(2)12(16)13(15)17/h3-7,10H,8-9H2,1-2H3. The smallest absolute Gasteiger partial charge is 0.312 e. The van der Waals surface area contributed by atoms with Crippen LogP contribution >= 0.6 is 0 Å². The molecule has 1 saturated heterocycles. The first-order chi connectivity index (χ1) is 8.11. The summed E-state index contributed by atoms with van der Waals surface area (Å²) >= 11 is 0. The van der Waals surface area contributed by atoms with Gasteiger partial charge in [0.1, 0.15) is 0 Å². The van der Waals surface area contributed by atoms with Crippen LogP contribution in [-0.4, -0.2) is 41.8 Å². The molecule has 2 rings (SSSR count). The van der Waals surface area contributed by atoms with E-state index in [1.165, 1.54) is 4.90 Å². The molecule has 1 aliphatic rings. The lowest BCUT2D eigenvalue weighted by molar-refractivity contribution is -0.156. The van der Waals surface area contributed by atoms with Gasteiger partial charge in [-0.3, -0.25) is 9.59 Å². The highest BCUT2D eigenvalue weighted by molar-refractivity contribution is 6.35. The van der Waals surface area contributed by atoms with Crippen LogP contribution in [0.5, 0.6) is 0 Å². The number of hydrogen-bond acceptors (Lipinski definition) is 2. The second-order valence-corrected chi connectivity index (χ2v) is 4.31. The largest absolute Gasteiger partial charge is 0.336 e. The lowest BCUT2D eigenvalue weighted by Crippen LogP contribution is -2.53. The van der Waals surface area contributed by atoms with Gasteiger partial charge in [0.15, 0.2) is 0 Å². The number of amides is 2. The summed E-state index contributed by atoms with van der Waals surface area (Å²) in [6.45, 7) is 3.14. The third-order valence-corrected chi connectivity index (χ3v) is 3.22. The zero-order valence-electron chi connectivity index (χ0n) is 10.1. The summed E-state index contributed by atoms with van der Waals surface area (Å²) in [6, 6.07) is 9.71. The van der Waals surface area contributed by atoms with Gasteiger partial charge in [-0.05, 0) is 12.5 Å². The van der Waals surface area contributed by atoms with E-state index < -0.39 is 11.8 Å². The van der Waals surface area contributed by atoms with Crippen molar-refractivity contribution >= 4 is 11.8 Å². The van der Waals surface area contributed by atoms with Crippen LogP contribution in [-0.2, 0) is 9.59 Å². The maximum Gasteiger partial charge on any atom is 0.312 e. The lowest BCUT2D eigenvalue weighted by Gasteiger charge is -2.35. The Morgan fingerprint density at radius 3 is 2.35 bits per heavy atom. The van der Waals surface area contributed by atoms with Crippen molar-refractivity contribution in [1.29, 1.82) is 0 Å². The molecule has 1 unspecified atom stereocenters. The van der Waals surface area contributed by atoms with Gasteiger partial charge in [0, 0.05) is 20.1 Å². The molecule has 4 nitrogen and oxygen atoms in total. The number of nitrogens with zero attached hydrogens (tertiary/aromatic N) is 2. The molecular weight excluding hydrogens is 216 g/mol. The quantitative estimate of drug-likeness (QED) is 0.715. The Balaban J connectivity index is 2.18. The monoisotopic (exact) mass is 232 g/mol. The highest BCUT2D eigenvalue weighted by Gasteiger charge is 2.33. The minimum absolute atomic E-state index is 0.0543. The second-order valence-electron chi connectivity index (χ2n) is 4.31. The van der Waals surface area contributed by atoms with Crippen molar-refractivity contribution in [2.24, 2.45) is 0 Å². The topological polar surface area (TPSA) is 40.6 Å². The van der Waals surface area contributed by atoms with E-state index in [-0.39, 0.29) is 6.04 Å². The molecule has 0 aliphatic carbocycles. The van der Waals surface area contributed by atoms with E-state index >= 15 is 0 Å². The summed E-state index contributed by atoms with van der Waals surface area (Å²) in [4.78, 5) is 26.6. The van der Waals surface area contributed by atoms with Crippen LogP contribution < -0.4 is 0 Å². The van der Waals surface area contributed by atoms with Gasteiger partial charge >= 0.3 is 11.8 Å². The molecule has 0 spiro atoms. The fourth-order valence-corrected chi connectivity index (χ4v) is 2.03.